The van der Waals surface area contributed by atoms with Crippen molar-refractivity contribution in [2.75, 3.05) is 0 Å². The maximum absolute atomic E-state index is 13.5. The second kappa shape index (κ2) is 5.44. The molecule has 0 fully saturated rings. The van der Waals surface area contributed by atoms with Crippen molar-refractivity contribution in [3.05, 3.63) is 35.4 Å². The second-order valence-electron chi connectivity index (χ2n) is 5.12. The third-order valence-electron chi connectivity index (χ3n) is 2.42. The lowest BCUT2D eigenvalue weighted by atomic mass is 10.0. The van der Waals surface area contributed by atoms with Gasteiger partial charge in [-0.1, -0.05) is 6.07 Å². The van der Waals surface area contributed by atoms with Gasteiger partial charge in [0.25, 0.3) is 0 Å². The van der Waals surface area contributed by atoms with E-state index in [2.05, 4.69) is 5.32 Å². The lowest BCUT2D eigenvalue weighted by Gasteiger charge is -2.20. The van der Waals surface area contributed by atoms with Gasteiger partial charge in [0.05, 0.1) is 6.04 Å². The molecule has 1 aromatic carbocycles. The van der Waals surface area contributed by atoms with E-state index in [0.29, 0.717) is 0 Å². The molecule has 0 heterocycles. The van der Waals surface area contributed by atoms with Crippen molar-refractivity contribution >= 4 is 5.91 Å². The lowest BCUT2D eigenvalue weighted by Crippen LogP contribution is -2.39. The lowest BCUT2D eigenvalue weighted by molar-refractivity contribution is -0.122. The Bertz CT molecular complexity index is 441. The SMILES string of the molecule is CC(NC(=O)CC(C)(C)N)c1ccc(F)cc1F. The smallest absolute Gasteiger partial charge is 0.222 e. The van der Waals surface area contributed by atoms with Gasteiger partial charge in [0.2, 0.25) is 5.91 Å². The molecular weight excluding hydrogens is 238 g/mol. The molecule has 0 aliphatic carbocycles. The van der Waals surface area contributed by atoms with Crippen LogP contribution in [0.25, 0.3) is 0 Å². The van der Waals surface area contributed by atoms with Crippen LogP contribution in [0, 0.1) is 11.6 Å². The molecule has 1 atom stereocenters. The van der Waals surface area contributed by atoms with Crippen LogP contribution >= 0.6 is 0 Å². The first-order valence-corrected chi connectivity index (χ1v) is 5.72. The van der Waals surface area contributed by atoms with Crippen LogP contribution in [0.5, 0.6) is 0 Å². The number of benzene rings is 1. The van der Waals surface area contributed by atoms with Gasteiger partial charge in [-0.15, -0.1) is 0 Å². The maximum atomic E-state index is 13.5. The van der Waals surface area contributed by atoms with Gasteiger partial charge in [0.1, 0.15) is 11.6 Å². The van der Waals surface area contributed by atoms with Crippen LogP contribution in [0.2, 0.25) is 0 Å². The van der Waals surface area contributed by atoms with Gasteiger partial charge in [0, 0.05) is 23.6 Å². The molecule has 100 valence electrons. The summed E-state index contributed by atoms with van der Waals surface area (Å²) in [5.41, 5.74) is 5.35. The second-order valence-corrected chi connectivity index (χ2v) is 5.12. The Morgan fingerprint density at radius 1 is 1.44 bits per heavy atom. The van der Waals surface area contributed by atoms with Crippen LogP contribution in [0.15, 0.2) is 18.2 Å². The molecule has 3 nitrogen and oxygen atoms in total. The van der Waals surface area contributed by atoms with Gasteiger partial charge >= 0.3 is 0 Å². The highest BCUT2D eigenvalue weighted by molar-refractivity contribution is 5.77. The molecule has 1 unspecified atom stereocenters. The van der Waals surface area contributed by atoms with Crippen molar-refractivity contribution in [1.82, 2.24) is 5.32 Å². The first-order valence-electron chi connectivity index (χ1n) is 5.72. The molecule has 1 amide bonds. The van der Waals surface area contributed by atoms with Crippen LogP contribution in [-0.2, 0) is 4.79 Å². The van der Waals surface area contributed by atoms with Crippen LogP contribution in [0.4, 0.5) is 8.78 Å². The molecule has 18 heavy (non-hydrogen) atoms. The summed E-state index contributed by atoms with van der Waals surface area (Å²) >= 11 is 0. The molecule has 0 aromatic heterocycles. The molecule has 3 N–H and O–H groups in total. The van der Waals surface area contributed by atoms with E-state index in [1.54, 1.807) is 20.8 Å². The van der Waals surface area contributed by atoms with E-state index in [9.17, 15) is 13.6 Å². The van der Waals surface area contributed by atoms with Crippen LogP contribution in [0.1, 0.15) is 38.8 Å². The van der Waals surface area contributed by atoms with E-state index in [1.165, 1.54) is 6.07 Å². The highest BCUT2D eigenvalue weighted by Gasteiger charge is 2.19. The van der Waals surface area contributed by atoms with E-state index < -0.39 is 23.2 Å². The Balaban J connectivity index is 2.71. The molecule has 1 rings (SSSR count). The summed E-state index contributed by atoms with van der Waals surface area (Å²) in [6.45, 7) is 5.10. The normalized spacial score (nSPS) is 13.2. The first-order chi connectivity index (χ1) is 8.19. The van der Waals surface area contributed by atoms with Crippen molar-refractivity contribution in [1.29, 1.82) is 0 Å². The highest BCUT2D eigenvalue weighted by Crippen LogP contribution is 2.18. The molecule has 5 heteroatoms. The third-order valence-corrected chi connectivity index (χ3v) is 2.42. The number of carbonyl (C=O) groups excluding carboxylic acids is 1. The fourth-order valence-electron chi connectivity index (χ4n) is 1.64. The minimum absolute atomic E-state index is 0.139. The quantitative estimate of drug-likeness (QED) is 0.868. The first kappa shape index (κ1) is 14.6. The number of amides is 1. The Hall–Kier alpha value is -1.49. The monoisotopic (exact) mass is 256 g/mol. The Kier molecular flexibility index (Phi) is 4.40. The average molecular weight is 256 g/mol. The van der Waals surface area contributed by atoms with Gasteiger partial charge in [-0.05, 0) is 26.8 Å². The van der Waals surface area contributed by atoms with Gasteiger partial charge in [-0.25, -0.2) is 8.78 Å². The zero-order chi connectivity index (χ0) is 13.9. The number of nitrogens with two attached hydrogens (primary N) is 1. The van der Waals surface area contributed by atoms with Crippen molar-refractivity contribution in [2.45, 2.75) is 38.8 Å². The predicted molar refractivity (Wildman–Crippen MR) is 65.8 cm³/mol. The Morgan fingerprint density at radius 3 is 2.56 bits per heavy atom. The topological polar surface area (TPSA) is 55.1 Å². The van der Waals surface area contributed by atoms with Gasteiger partial charge in [-0.3, -0.25) is 4.79 Å². The summed E-state index contributed by atoms with van der Waals surface area (Å²) in [6.07, 6.45) is 0.139. The molecule has 1 aromatic rings. The van der Waals surface area contributed by atoms with Crippen molar-refractivity contribution in [2.24, 2.45) is 5.73 Å². The average Bonchev–Trinajstić information content (AvgIpc) is 2.13. The minimum Gasteiger partial charge on any atom is -0.349 e. The van der Waals surface area contributed by atoms with Crippen LogP contribution in [0.3, 0.4) is 0 Å². The molecule has 0 saturated carbocycles. The summed E-state index contributed by atoms with van der Waals surface area (Å²) in [5, 5.41) is 2.63. The van der Waals surface area contributed by atoms with Gasteiger partial charge in [-0.2, -0.15) is 0 Å². The van der Waals surface area contributed by atoms with Crippen molar-refractivity contribution in [3.63, 3.8) is 0 Å². The van der Waals surface area contributed by atoms with Gasteiger partial charge in [0.15, 0.2) is 0 Å². The molecule has 0 bridgehead atoms. The number of halogens is 2. The maximum Gasteiger partial charge on any atom is 0.222 e. The van der Waals surface area contributed by atoms with E-state index in [4.69, 9.17) is 5.73 Å². The van der Waals surface area contributed by atoms with Crippen LogP contribution in [-0.4, -0.2) is 11.4 Å². The van der Waals surface area contributed by atoms with E-state index in [-0.39, 0.29) is 17.9 Å². The standard InChI is InChI=1S/C13H18F2N2O/c1-8(17-12(18)7-13(2,3)16)10-5-4-9(14)6-11(10)15/h4-6,8H,7,16H2,1-3H3,(H,17,18). The number of carbonyl (C=O) groups is 1. The zero-order valence-corrected chi connectivity index (χ0v) is 10.8. The fourth-order valence-corrected chi connectivity index (χ4v) is 1.64. The number of hydrogen-bond donors (Lipinski definition) is 2. The Morgan fingerprint density at radius 2 is 2.06 bits per heavy atom. The molecule has 0 aliphatic rings. The predicted octanol–water partition coefficient (Wildman–Crippen LogP) is 2.27. The molecular formula is C13H18F2N2O. The summed E-state index contributed by atoms with van der Waals surface area (Å²) in [4.78, 5) is 11.6. The zero-order valence-electron chi connectivity index (χ0n) is 10.8. The number of nitrogens with one attached hydrogen (secondary N) is 1. The van der Waals surface area contributed by atoms with Crippen molar-refractivity contribution < 1.29 is 13.6 Å². The summed E-state index contributed by atoms with van der Waals surface area (Å²) in [7, 11) is 0. The number of hydrogen-bond acceptors (Lipinski definition) is 2. The van der Waals surface area contributed by atoms with E-state index >= 15 is 0 Å². The largest absolute Gasteiger partial charge is 0.349 e. The summed E-state index contributed by atoms with van der Waals surface area (Å²) < 4.78 is 26.2. The summed E-state index contributed by atoms with van der Waals surface area (Å²) in [5.74, 6) is -1.58. The van der Waals surface area contributed by atoms with Gasteiger partial charge < -0.3 is 11.1 Å². The van der Waals surface area contributed by atoms with E-state index in [0.717, 1.165) is 12.1 Å². The van der Waals surface area contributed by atoms with E-state index in [1.807, 2.05) is 0 Å². The number of rotatable bonds is 4. The highest BCUT2D eigenvalue weighted by atomic mass is 19.1. The minimum atomic E-state index is -0.671. The summed E-state index contributed by atoms with van der Waals surface area (Å²) in [6, 6.07) is 2.75. The molecule has 0 spiro atoms. The third kappa shape index (κ3) is 4.41. The van der Waals surface area contributed by atoms with Crippen molar-refractivity contribution in [3.8, 4) is 0 Å². The fraction of sp³-hybridized carbons (Fsp3) is 0.462. The molecule has 0 aliphatic heterocycles. The Labute approximate surface area is 105 Å². The van der Waals surface area contributed by atoms with Crippen LogP contribution < -0.4 is 11.1 Å². The molecule has 0 saturated heterocycles. The molecule has 0 radical (unpaired) electrons.